The van der Waals surface area contributed by atoms with E-state index in [0.29, 0.717) is 12.8 Å². The fraction of sp³-hybridized carbons (Fsp3) is 0.727. The molecule has 2 N–H and O–H groups in total. The van der Waals surface area contributed by atoms with Crippen molar-refractivity contribution in [2.45, 2.75) is 39.2 Å². The minimum Gasteiger partial charge on any atom is -0.375 e. The van der Waals surface area contributed by atoms with E-state index in [1.54, 1.807) is 11.3 Å². The molecule has 0 aromatic carbocycles. The Balaban J connectivity index is 2.22. The zero-order valence-corrected chi connectivity index (χ0v) is 10.9. The molecule has 1 unspecified atom stereocenters. The monoisotopic (exact) mass is 264 g/mol. The summed E-state index contributed by atoms with van der Waals surface area (Å²) < 4.78 is 28.4. The topological polar surface area (TPSA) is 48.1 Å². The van der Waals surface area contributed by atoms with Gasteiger partial charge in [0, 0.05) is 23.9 Å². The molecule has 0 aliphatic carbocycles. The van der Waals surface area contributed by atoms with Gasteiger partial charge >= 0.3 is 0 Å². The number of rotatable bonds is 7. The predicted molar refractivity (Wildman–Crippen MR) is 64.7 cm³/mol. The summed E-state index contributed by atoms with van der Waals surface area (Å²) in [6.45, 7) is 3.75. The van der Waals surface area contributed by atoms with E-state index in [2.05, 4.69) is 4.98 Å². The van der Waals surface area contributed by atoms with Crippen LogP contribution in [0.25, 0.3) is 0 Å². The lowest BCUT2D eigenvalue weighted by atomic mass is 10.2. The standard InChI is InChI=1S/C11H18F2N2OS/c1-7-8(2)17-11(15-7)5-9(14)3-4-16-6-10(12)13/h9-10H,3-6,14H2,1-2H3. The highest BCUT2D eigenvalue weighted by molar-refractivity contribution is 7.11. The number of aryl methyl sites for hydroxylation is 2. The summed E-state index contributed by atoms with van der Waals surface area (Å²) in [7, 11) is 0. The zero-order chi connectivity index (χ0) is 12.8. The van der Waals surface area contributed by atoms with E-state index in [4.69, 9.17) is 10.5 Å². The van der Waals surface area contributed by atoms with Crippen molar-refractivity contribution in [1.29, 1.82) is 0 Å². The van der Waals surface area contributed by atoms with E-state index in [1.807, 2.05) is 13.8 Å². The number of nitrogens with two attached hydrogens (primary N) is 1. The molecule has 17 heavy (non-hydrogen) atoms. The summed E-state index contributed by atoms with van der Waals surface area (Å²) in [4.78, 5) is 5.58. The Morgan fingerprint density at radius 1 is 1.41 bits per heavy atom. The predicted octanol–water partition coefficient (Wildman–Crippen LogP) is 2.30. The molecule has 0 aliphatic rings. The van der Waals surface area contributed by atoms with Gasteiger partial charge in [-0.3, -0.25) is 0 Å². The molecular weight excluding hydrogens is 246 g/mol. The van der Waals surface area contributed by atoms with Gasteiger partial charge < -0.3 is 10.5 Å². The van der Waals surface area contributed by atoms with Crippen LogP contribution in [-0.4, -0.2) is 30.7 Å². The highest BCUT2D eigenvalue weighted by atomic mass is 32.1. The smallest absolute Gasteiger partial charge is 0.261 e. The molecule has 1 rings (SSSR count). The Kier molecular flexibility index (Phi) is 5.94. The van der Waals surface area contributed by atoms with Crippen molar-refractivity contribution in [3.63, 3.8) is 0 Å². The van der Waals surface area contributed by atoms with E-state index >= 15 is 0 Å². The molecule has 0 saturated heterocycles. The molecule has 0 spiro atoms. The first-order chi connectivity index (χ1) is 7.99. The average molecular weight is 264 g/mol. The lowest BCUT2D eigenvalue weighted by molar-refractivity contribution is 0.0153. The maximum Gasteiger partial charge on any atom is 0.261 e. The van der Waals surface area contributed by atoms with Gasteiger partial charge in [-0.2, -0.15) is 0 Å². The first-order valence-corrected chi connectivity index (χ1v) is 6.35. The Hall–Kier alpha value is -0.590. The largest absolute Gasteiger partial charge is 0.375 e. The Bertz CT molecular complexity index is 325. The lowest BCUT2D eigenvalue weighted by Crippen LogP contribution is -2.25. The van der Waals surface area contributed by atoms with Crippen molar-refractivity contribution in [2.24, 2.45) is 5.73 Å². The molecule has 1 aromatic rings. The van der Waals surface area contributed by atoms with Crippen LogP contribution in [0.1, 0.15) is 22.0 Å². The molecule has 0 bridgehead atoms. The minimum atomic E-state index is -2.41. The van der Waals surface area contributed by atoms with Gasteiger partial charge in [0.1, 0.15) is 6.61 Å². The van der Waals surface area contributed by atoms with Crippen LogP contribution < -0.4 is 5.73 Å². The van der Waals surface area contributed by atoms with Crippen molar-refractivity contribution >= 4 is 11.3 Å². The molecule has 0 saturated carbocycles. The highest BCUT2D eigenvalue weighted by Crippen LogP contribution is 2.17. The summed E-state index contributed by atoms with van der Waals surface area (Å²) in [6.07, 6.45) is -1.16. The van der Waals surface area contributed by atoms with Crippen LogP contribution >= 0.6 is 11.3 Å². The number of alkyl halides is 2. The number of thiazole rings is 1. The second-order valence-corrected chi connectivity index (χ2v) is 5.26. The van der Waals surface area contributed by atoms with E-state index in [9.17, 15) is 8.78 Å². The van der Waals surface area contributed by atoms with Gasteiger partial charge in [0.2, 0.25) is 0 Å². The fourth-order valence-corrected chi connectivity index (χ4v) is 2.39. The molecule has 98 valence electrons. The summed E-state index contributed by atoms with van der Waals surface area (Å²) >= 11 is 1.63. The van der Waals surface area contributed by atoms with E-state index < -0.39 is 13.0 Å². The van der Waals surface area contributed by atoms with Crippen LogP contribution in [0.2, 0.25) is 0 Å². The van der Waals surface area contributed by atoms with Gasteiger partial charge in [-0.1, -0.05) is 0 Å². The minimum absolute atomic E-state index is 0.0855. The van der Waals surface area contributed by atoms with Crippen LogP contribution in [0.5, 0.6) is 0 Å². The van der Waals surface area contributed by atoms with Gasteiger partial charge in [-0.15, -0.1) is 11.3 Å². The SMILES string of the molecule is Cc1nc(CC(N)CCOCC(F)F)sc1C. The first-order valence-electron chi connectivity index (χ1n) is 5.53. The summed E-state index contributed by atoms with van der Waals surface area (Å²) in [5.74, 6) is 0. The Morgan fingerprint density at radius 3 is 2.65 bits per heavy atom. The van der Waals surface area contributed by atoms with E-state index in [1.165, 1.54) is 4.88 Å². The lowest BCUT2D eigenvalue weighted by Gasteiger charge is -2.09. The zero-order valence-electron chi connectivity index (χ0n) is 10.1. The summed E-state index contributed by atoms with van der Waals surface area (Å²) in [5.41, 5.74) is 6.91. The number of hydrogen-bond acceptors (Lipinski definition) is 4. The Labute approximate surface area is 104 Å². The van der Waals surface area contributed by atoms with Gasteiger partial charge in [0.15, 0.2) is 0 Å². The van der Waals surface area contributed by atoms with Crippen LogP contribution in [-0.2, 0) is 11.2 Å². The van der Waals surface area contributed by atoms with Gasteiger partial charge in [-0.05, 0) is 20.3 Å². The maximum absolute atomic E-state index is 11.8. The Morgan fingerprint density at radius 2 is 2.12 bits per heavy atom. The third-order valence-electron chi connectivity index (χ3n) is 2.39. The molecule has 0 amide bonds. The maximum atomic E-state index is 11.8. The molecule has 3 nitrogen and oxygen atoms in total. The molecule has 6 heteroatoms. The normalized spacial score (nSPS) is 13.3. The van der Waals surface area contributed by atoms with Gasteiger partial charge in [0.25, 0.3) is 6.43 Å². The van der Waals surface area contributed by atoms with Gasteiger partial charge in [-0.25, -0.2) is 13.8 Å². The van der Waals surface area contributed by atoms with Crippen molar-refractivity contribution in [2.75, 3.05) is 13.2 Å². The van der Waals surface area contributed by atoms with E-state index in [0.717, 1.165) is 10.7 Å². The third-order valence-corrected chi connectivity index (χ3v) is 3.48. The third kappa shape index (κ3) is 5.52. The quantitative estimate of drug-likeness (QED) is 0.769. The second-order valence-electron chi connectivity index (χ2n) is 3.97. The molecular formula is C11H18F2N2OS. The number of nitrogens with zero attached hydrogens (tertiary/aromatic N) is 1. The molecule has 0 fully saturated rings. The number of halogens is 2. The fourth-order valence-electron chi connectivity index (χ4n) is 1.36. The van der Waals surface area contributed by atoms with Crippen molar-refractivity contribution in [1.82, 2.24) is 4.98 Å². The van der Waals surface area contributed by atoms with Crippen molar-refractivity contribution in [3.8, 4) is 0 Å². The molecule has 1 atom stereocenters. The summed E-state index contributed by atoms with van der Waals surface area (Å²) in [6, 6.07) is -0.0855. The molecule has 0 aliphatic heterocycles. The van der Waals surface area contributed by atoms with Crippen LogP contribution in [0, 0.1) is 13.8 Å². The number of aromatic nitrogens is 1. The molecule has 1 heterocycles. The van der Waals surface area contributed by atoms with Crippen molar-refractivity contribution in [3.05, 3.63) is 15.6 Å². The van der Waals surface area contributed by atoms with Gasteiger partial charge in [0.05, 0.1) is 10.7 Å². The molecule has 0 radical (unpaired) electrons. The second kappa shape index (κ2) is 6.98. The van der Waals surface area contributed by atoms with Crippen molar-refractivity contribution < 1.29 is 13.5 Å². The number of ether oxygens (including phenoxy) is 1. The number of hydrogen-bond donors (Lipinski definition) is 1. The van der Waals surface area contributed by atoms with Crippen LogP contribution in [0.3, 0.4) is 0 Å². The average Bonchev–Trinajstić information content (AvgIpc) is 2.52. The van der Waals surface area contributed by atoms with E-state index in [-0.39, 0.29) is 12.6 Å². The van der Waals surface area contributed by atoms with Crippen LogP contribution in [0.15, 0.2) is 0 Å². The molecule has 1 aromatic heterocycles. The summed E-state index contributed by atoms with van der Waals surface area (Å²) in [5, 5.41) is 1.00. The highest BCUT2D eigenvalue weighted by Gasteiger charge is 2.10. The van der Waals surface area contributed by atoms with Crippen LogP contribution in [0.4, 0.5) is 8.78 Å². The first kappa shape index (κ1) is 14.5.